The molecule has 1 aliphatic rings. The first-order valence-electron chi connectivity index (χ1n) is 9.79. The number of thiophene rings is 1. The lowest BCUT2D eigenvalue weighted by Crippen LogP contribution is -2.38. The highest BCUT2D eigenvalue weighted by molar-refractivity contribution is 7.15. The highest BCUT2D eigenvalue weighted by Gasteiger charge is 2.12. The lowest BCUT2D eigenvalue weighted by atomic mass is 10.1. The van der Waals surface area contributed by atoms with E-state index in [1.807, 2.05) is 30.3 Å². The topological polar surface area (TPSA) is 97.8 Å². The molecule has 2 aromatic heterocycles. The molecular formula is C21H24N6OS. The van der Waals surface area contributed by atoms with Crippen molar-refractivity contribution in [2.24, 2.45) is 0 Å². The molecule has 0 amide bonds. The Hall–Kier alpha value is -2.86. The molecule has 1 atom stereocenters. The second-order valence-electron chi connectivity index (χ2n) is 6.91. The maximum Gasteiger partial charge on any atom is 0.152 e. The number of H-pyrrole nitrogens is 1. The van der Waals surface area contributed by atoms with E-state index in [0.717, 1.165) is 66.8 Å². The van der Waals surface area contributed by atoms with Gasteiger partial charge in [0, 0.05) is 37.1 Å². The number of nitriles is 1. The lowest BCUT2D eigenvalue weighted by molar-refractivity contribution is 0.0230. The summed E-state index contributed by atoms with van der Waals surface area (Å²) in [5.41, 5.74) is 2.97. The number of ether oxygens (including phenoxy) is 1. The molecule has 150 valence electrons. The first-order chi connectivity index (χ1) is 14.3. The maximum absolute atomic E-state index is 8.96. The van der Waals surface area contributed by atoms with Crippen molar-refractivity contribution in [3.05, 3.63) is 47.3 Å². The molecule has 0 bridgehead atoms. The zero-order valence-corrected chi connectivity index (χ0v) is 16.9. The molecule has 7 nitrogen and oxygen atoms in total. The molecule has 4 rings (SSSR count). The normalized spacial score (nSPS) is 16.3. The van der Waals surface area contributed by atoms with Crippen LogP contribution >= 0.6 is 11.3 Å². The minimum atomic E-state index is 0.344. The Morgan fingerprint density at radius 2 is 2.07 bits per heavy atom. The number of benzene rings is 1. The molecule has 1 saturated heterocycles. The van der Waals surface area contributed by atoms with E-state index in [1.165, 1.54) is 11.3 Å². The largest absolute Gasteiger partial charge is 0.385 e. The van der Waals surface area contributed by atoms with Gasteiger partial charge in [-0.2, -0.15) is 10.4 Å². The Balaban J connectivity index is 1.24. The third kappa shape index (κ3) is 5.35. The van der Waals surface area contributed by atoms with E-state index in [4.69, 9.17) is 10.00 Å². The molecule has 3 heterocycles. The van der Waals surface area contributed by atoms with Crippen molar-refractivity contribution < 1.29 is 4.74 Å². The molecule has 1 unspecified atom stereocenters. The van der Waals surface area contributed by atoms with Crippen LogP contribution in [0, 0.1) is 11.3 Å². The SMILES string of the molecule is N#Cc1ccc(-c2cc(Nc3ccc(NCCCC4CNCCO4)cc3)n[nH]2)s1. The molecule has 0 spiro atoms. The van der Waals surface area contributed by atoms with Gasteiger partial charge < -0.3 is 20.7 Å². The zero-order valence-electron chi connectivity index (χ0n) is 16.1. The Labute approximate surface area is 174 Å². The van der Waals surface area contributed by atoms with E-state index in [0.29, 0.717) is 11.0 Å². The molecular weight excluding hydrogens is 384 g/mol. The molecule has 3 aromatic rings. The van der Waals surface area contributed by atoms with Gasteiger partial charge in [-0.1, -0.05) is 0 Å². The van der Waals surface area contributed by atoms with Crippen molar-refractivity contribution in [2.75, 3.05) is 36.9 Å². The number of hydrogen-bond acceptors (Lipinski definition) is 7. The number of hydrogen-bond donors (Lipinski definition) is 4. The fourth-order valence-corrected chi connectivity index (χ4v) is 4.01. The van der Waals surface area contributed by atoms with Gasteiger partial charge >= 0.3 is 0 Å². The van der Waals surface area contributed by atoms with Gasteiger partial charge in [-0.25, -0.2) is 0 Å². The number of nitrogens with zero attached hydrogens (tertiary/aromatic N) is 2. The second-order valence-corrected chi connectivity index (χ2v) is 7.99. The third-order valence-electron chi connectivity index (χ3n) is 4.75. The Morgan fingerprint density at radius 3 is 2.83 bits per heavy atom. The fraction of sp³-hybridized carbons (Fsp3) is 0.333. The number of anilines is 3. The summed E-state index contributed by atoms with van der Waals surface area (Å²) in [6.45, 7) is 3.67. The molecule has 0 aliphatic carbocycles. The number of rotatable bonds is 8. The van der Waals surface area contributed by atoms with Crippen LogP contribution in [0.15, 0.2) is 42.5 Å². The predicted octanol–water partition coefficient (Wildman–Crippen LogP) is 3.93. The summed E-state index contributed by atoms with van der Waals surface area (Å²) in [6, 6.07) is 16.0. The van der Waals surface area contributed by atoms with Gasteiger partial charge in [0.15, 0.2) is 5.82 Å². The second kappa shape index (κ2) is 9.56. The Kier molecular flexibility index (Phi) is 6.42. The van der Waals surface area contributed by atoms with Crippen molar-refractivity contribution in [1.29, 1.82) is 5.26 Å². The summed E-state index contributed by atoms with van der Waals surface area (Å²) in [6.07, 6.45) is 2.50. The Bertz CT molecular complexity index is 952. The average Bonchev–Trinajstić information content (AvgIpc) is 3.42. The smallest absolute Gasteiger partial charge is 0.152 e. The lowest BCUT2D eigenvalue weighted by Gasteiger charge is -2.23. The van der Waals surface area contributed by atoms with E-state index >= 15 is 0 Å². The van der Waals surface area contributed by atoms with E-state index in [1.54, 1.807) is 0 Å². The van der Waals surface area contributed by atoms with Crippen molar-refractivity contribution in [1.82, 2.24) is 15.5 Å². The average molecular weight is 409 g/mol. The van der Waals surface area contributed by atoms with Crippen LogP contribution < -0.4 is 16.0 Å². The monoisotopic (exact) mass is 408 g/mol. The van der Waals surface area contributed by atoms with Gasteiger partial charge in [-0.3, -0.25) is 5.10 Å². The van der Waals surface area contributed by atoms with Crippen LogP contribution in [-0.2, 0) is 4.74 Å². The minimum absolute atomic E-state index is 0.344. The highest BCUT2D eigenvalue weighted by Crippen LogP contribution is 2.28. The van der Waals surface area contributed by atoms with Crippen LogP contribution in [0.3, 0.4) is 0 Å². The summed E-state index contributed by atoms with van der Waals surface area (Å²) < 4.78 is 5.72. The first kappa shape index (κ1) is 19.5. The van der Waals surface area contributed by atoms with Crippen molar-refractivity contribution in [2.45, 2.75) is 18.9 Å². The first-order valence-corrected chi connectivity index (χ1v) is 10.6. The van der Waals surface area contributed by atoms with Crippen LogP contribution in [0.5, 0.6) is 0 Å². The van der Waals surface area contributed by atoms with Gasteiger partial charge in [0.1, 0.15) is 10.9 Å². The van der Waals surface area contributed by atoms with Crippen LogP contribution in [0.4, 0.5) is 17.2 Å². The van der Waals surface area contributed by atoms with E-state index in [9.17, 15) is 0 Å². The summed E-state index contributed by atoms with van der Waals surface area (Å²) in [5, 5.41) is 26.4. The van der Waals surface area contributed by atoms with E-state index < -0.39 is 0 Å². The molecule has 0 radical (unpaired) electrons. The zero-order chi connectivity index (χ0) is 19.9. The van der Waals surface area contributed by atoms with Gasteiger partial charge in [0.05, 0.1) is 23.3 Å². The minimum Gasteiger partial charge on any atom is -0.385 e. The number of aromatic nitrogens is 2. The molecule has 8 heteroatoms. The Morgan fingerprint density at radius 1 is 1.21 bits per heavy atom. The number of nitrogens with one attached hydrogen (secondary N) is 4. The van der Waals surface area contributed by atoms with Crippen molar-refractivity contribution in [3.8, 4) is 16.6 Å². The summed E-state index contributed by atoms with van der Waals surface area (Å²) in [4.78, 5) is 1.69. The van der Waals surface area contributed by atoms with Crippen molar-refractivity contribution >= 4 is 28.5 Å². The molecule has 4 N–H and O–H groups in total. The molecule has 1 aromatic carbocycles. The van der Waals surface area contributed by atoms with Crippen LogP contribution in [-0.4, -0.2) is 42.5 Å². The van der Waals surface area contributed by atoms with E-state index in [2.05, 4.69) is 44.3 Å². The number of aromatic amines is 1. The quantitative estimate of drug-likeness (QED) is 0.422. The summed E-state index contributed by atoms with van der Waals surface area (Å²) in [5.74, 6) is 0.744. The van der Waals surface area contributed by atoms with Crippen LogP contribution in [0.2, 0.25) is 0 Å². The maximum atomic E-state index is 8.96. The molecule has 1 fully saturated rings. The predicted molar refractivity (Wildman–Crippen MR) is 117 cm³/mol. The van der Waals surface area contributed by atoms with Crippen LogP contribution in [0.1, 0.15) is 17.7 Å². The van der Waals surface area contributed by atoms with Gasteiger partial charge in [-0.15, -0.1) is 11.3 Å². The van der Waals surface area contributed by atoms with Crippen molar-refractivity contribution in [3.63, 3.8) is 0 Å². The van der Waals surface area contributed by atoms with Crippen LogP contribution in [0.25, 0.3) is 10.6 Å². The summed E-state index contributed by atoms with van der Waals surface area (Å²) in [7, 11) is 0. The van der Waals surface area contributed by atoms with Gasteiger partial charge in [0.2, 0.25) is 0 Å². The highest BCUT2D eigenvalue weighted by atomic mass is 32.1. The van der Waals surface area contributed by atoms with Gasteiger partial charge in [-0.05, 0) is 49.2 Å². The molecule has 1 aliphatic heterocycles. The number of morpholine rings is 1. The van der Waals surface area contributed by atoms with E-state index in [-0.39, 0.29) is 0 Å². The third-order valence-corrected chi connectivity index (χ3v) is 5.78. The summed E-state index contributed by atoms with van der Waals surface area (Å²) >= 11 is 1.45. The molecule has 0 saturated carbocycles. The molecule has 29 heavy (non-hydrogen) atoms. The van der Waals surface area contributed by atoms with Gasteiger partial charge in [0.25, 0.3) is 0 Å². The standard InChI is InChI=1S/C21H24N6OS/c22-13-18-7-8-20(29-18)19-12-21(27-26-19)25-16-5-3-15(4-6-16)24-9-1-2-17-14-23-10-11-28-17/h3-8,12,17,23-24H,1-2,9-11,14H2,(H2,25,26,27). The fourth-order valence-electron chi connectivity index (χ4n) is 3.24.